The van der Waals surface area contributed by atoms with Crippen molar-refractivity contribution in [2.24, 2.45) is 0 Å². The lowest BCUT2D eigenvalue weighted by Crippen LogP contribution is -2.51. The Morgan fingerprint density at radius 1 is 1.24 bits per heavy atom. The maximum atomic E-state index is 12.7. The molecule has 1 N–H and O–H groups in total. The summed E-state index contributed by atoms with van der Waals surface area (Å²) < 4.78 is 5.30. The van der Waals surface area contributed by atoms with Gasteiger partial charge in [-0.3, -0.25) is 0 Å². The van der Waals surface area contributed by atoms with Gasteiger partial charge in [0.05, 0.1) is 7.11 Å². The van der Waals surface area contributed by atoms with Crippen LogP contribution >= 0.6 is 11.8 Å². The Labute approximate surface area is 129 Å². The summed E-state index contributed by atoms with van der Waals surface area (Å²) in [4.78, 5) is 17.8. The second-order valence-corrected chi connectivity index (χ2v) is 6.40. The molecule has 6 heteroatoms. The number of piperazine rings is 1. The second-order valence-electron chi connectivity index (χ2n) is 5.26. The molecule has 1 fully saturated rings. The highest BCUT2D eigenvalue weighted by molar-refractivity contribution is 7.99. The second kappa shape index (κ2) is 6.58. The third-order valence-corrected chi connectivity index (χ3v) is 5.00. The number of carbonyl (C=O) groups excluding carboxylic acids is 1. The van der Waals surface area contributed by atoms with Crippen molar-refractivity contribution in [1.29, 1.82) is 0 Å². The van der Waals surface area contributed by atoms with E-state index in [1.54, 1.807) is 7.11 Å². The van der Waals surface area contributed by atoms with Crippen LogP contribution in [0.1, 0.15) is 5.56 Å². The number of benzene rings is 1. The summed E-state index contributed by atoms with van der Waals surface area (Å²) in [5.74, 6) is 1.79. The standard InChI is InChI=1S/C15H21N3O2S/c1-20-13-2-3-14-12(10-13)11-18(8-9-21-14)15(19)17-6-4-16-5-7-17/h2-3,10,16H,4-9,11H2,1H3. The summed E-state index contributed by atoms with van der Waals surface area (Å²) in [7, 11) is 1.68. The summed E-state index contributed by atoms with van der Waals surface area (Å²) in [5, 5.41) is 3.28. The first-order valence-corrected chi connectivity index (χ1v) is 8.31. The van der Waals surface area contributed by atoms with Crippen LogP contribution < -0.4 is 10.1 Å². The van der Waals surface area contributed by atoms with E-state index in [4.69, 9.17) is 4.74 Å². The lowest BCUT2D eigenvalue weighted by molar-refractivity contribution is 0.147. The molecule has 0 unspecified atom stereocenters. The zero-order valence-corrected chi connectivity index (χ0v) is 13.1. The van der Waals surface area contributed by atoms with Crippen LogP contribution in [0, 0.1) is 0 Å². The van der Waals surface area contributed by atoms with Crippen molar-refractivity contribution in [2.75, 3.05) is 45.6 Å². The van der Waals surface area contributed by atoms with E-state index in [0.29, 0.717) is 6.54 Å². The molecule has 3 rings (SSSR count). The monoisotopic (exact) mass is 307 g/mol. The van der Waals surface area contributed by atoms with Gasteiger partial charge in [-0.15, -0.1) is 11.8 Å². The first-order valence-electron chi connectivity index (χ1n) is 7.32. The number of amides is 2. The van der Waals surface area contributed by atoms with Crippen LogP contribution in [0.2, 0.25) is 0 Å². The molecule has 0 bridgehead atoms. The van der Waals surface area contributed by atoms with Gasteiger partial charge in [-0.1, -0.05) is 0 Å². The van der Waals surface area contributed by atoms with Gasteiger partial charge in [-0.25, -0.2) is 4.79 Å². The molecule has 0 aromatic heterocycles. The van der Waals surface area contributed by atoms with Crippen molar-refractivity contribution in [3.63, 3.8) is 0 Å². The van der Waals surface area contributed by atoms with Gasteiger partial charge in [-0.05, 0) is 23.8 Å². The van der Waals surface area contributed by atoms with Crippen LogP contribution in [0.15, 0.2) is 23.1 Å². The molecule has 1 saturated heterocycles. The first-order chi connectivity index (χ1) is 10.3. The largest absolute Gasteiger partial charge is 0.497 e. The number of urea groups is 1. The molecule has 0 radical (unpaired) electrons. The lowest BCUT2D eigenvalue weighted by atomic mass is 10.2. The Kier molecular flexibility index (Phi) is 4.55. The molecule has 2 amide bonds. The Bertz CT molecular complexity index is 518. The highest BCUT2D eigenvalue weighted by Crippen LogP contribution is 2.30. The minimum Gasteiger partial charge on any atom is -0.497 e. The Morgan fingerprint density at radius 2 is 2.05 bits per heavy atom. The number of carbonyl (C=O) groups is 1. The minimum absolute atomic E-state index is 0.160. The highest BCUT2D eigenvalue weighted by Gasteiger charge is 2.25. The van der Waals surface area contributed by atoms with Crippen LogP contribution in [0.3, 0.4) is 0 Å². The number of ether oxygens (including phenoxy) is 1. The molecular weight excluding hydrogens is 286 g/mol. The summed E-state index contributed by atoms with van der Waals surface area (Å²) >= 11 is 1.82. The number of fused-ring (bicyclic) bond motifs is 1. The smallest absolute Gasteiger partial charge is 0.320 e. The number of nitrogens with zero attached hydrogens (tertiary/aromatic N) is 2. The fourth-order valence-corrected chi connectivity index (χ4v) is 3.72. The van der Waals surface area contributed by atoms with E-state index in [1.807, 2.05) is 33.7 Å². The summed E-state index contributed by atoms with van der Waals surface area (Å²) in [6.45, 7) is 4.84. The molecule has 0 spiro atoms. The molecule has 2 aliphatic rings. The van der Waals surface area contributed by atoms with Crippen LogP contribution in [-0.2, 0) is 6.54 Å². The number of thioether (sulfide) groups is 1. The van der Waals surface area contributed by atoms with Crippen molar-refractivity contribution >= 4 is 17.8 Å². The van der Waals surface area contributed by atoms with Crippen LogP contribution in [0.25, 0.3) is 0 Å². The predicted molar refractivity (Wildman–Crippen MR) is 84.0 cm³/mol. The third kappa shape index (κ3) is 3.27. The normalized spacial score (nSPS) is 18.9. The number of hydrogen-bond acceptors (Lipinski definition) is 4. The summed E-state index contributed by atoms with van der Waals surface area (Å²) in [6, 6.07) is 6.29. The van der Waals surface area contributed by atoms with Crippen LogP contribution in [-0.4, -0.2) is 61.4 Å². The molecule has 5 nitrogen and oxygen atoms in total. The molecule has 0 atom stereocenters. The molecule has 1 aromatic carbocycles. The average Bonchev–Trinajstić information content (AvgIpc) is 2.76. The van der Waals surface area contributed by atoms with Gasteiger partial charge in [0.1, 0.15) is 5.75 Å². The number of methoxy groups -OCH3 is 1. The maximum Gasteiger partial charge on any atom is 0.320 e. The van der Waals surface area contributed by atoms with E-state index in [9.17, 15) is 4.79 Å². The fraction of sp³-hybridized carbons (Fsp3) is 0.533. The van der Waals surface area contributed by atoms with Crippen molar-refractivity contribution in [1.82, 2.24) is 15.1 Å². The van der Waals surface area contributed by atoms with E-state index in [2.05, 4.69) is 11.4 Å². The summed E-state index contributed by atoms with van der Waals surface area (Å²) in [6.07, 6.45) is 0. The molecule has 21 heavy (non-hydrogen) atoms. The first kappa shape index (κ1) is 14.5. The molecule has 114 valence electrons. The van der Waals surface area contributed by atoms with Gasteiger partial charge >= 0.3 is 6.03 Å². The summed E-state index contributed by atoms with van der Waals surface area (Å²) in [5.41, 5.74) is 1.18. The quantitative estimate of drug-likeness (QED) is 0.856. The lowest BCUT2D eigenvalue weighted by Gasteiger charge is -2.32. The molecular formula is C15H21N3O2S. The molecule has 1 aromatic rings. The molecule has 0 saturated carbocycles. The van der Waals surface area contributed by atoms with Gasteiger partial charge in [0.2, 0.25) is 0 Å². The van der Waals surface area contributed by atoms with Crippen LogP contribution in [0.4, 0.5) is 4.79 Å². The van der Waals surface area contributed by atoms with E-state index in [0.717, 1.165) is 44.2 Å². The van der Waals surface area contributed by atoms with Gasteiger partial charge in [0, 0.05) is 49.9 Å². The van der Waals surface area contributed by atoms with Gasteiger partial charge in [0.25, 0.3) is 0 Å². The van der Waals surface area contributed by atoms with Gasteiger partial charge in [-0.2, -0.15) is 0 Å². The van der Waals surface area contributed by atoms with Crippen molar-refractivity contribution < 1.29 is 9.53 Å². The molecule has 0 aliphatic carbocycles. The van der Waals surface area contributed by atoms with Crippen molar-refractivity contribution in [3.05, 3.63) is 23.8 Å². The zero-order chi connectivity index (χ0) is 14.7. The van der Waals surface area contributed by atoms with E-state index in [-0.39, 0.29) is 6.03 Å². The molecule has 2 aliphatic heterocycles. The Balaban J connectivity index is 1.76. The highest BCUT2D eigenvalue weighted by atomic mass is 32.2. The van der Waals surface area contributed by atoms with Gasteiger partial charge < -0.3 is 19.9 Å². The predicted octanol–water partition coefficient (Wildman–Crippen LogP) is 1.63. The minimum atomic E-state index is 0.160. The molecule has 2 heterocycles. The van der Waals surface area contributed by atoms with Crippen LogP contribution in [0.5, 0.6) is 5.75 Å². The van der Waals surface area contributed by atoms with Crippen molar-refractivity contribution in [3.8, 4) is 5.75 Å². The number of nitrogens with one attached hydrogen (secondary N) is 1. The van der Waals surface area contributed by atoms with Gasteiger partial charge in [0.15, 0.2) is 0 Å². The van der Waals surface area contributed by atoms with E-state index >= 15 is 0 Å². The Morgan fingerprint density at radius 3 is 2.81 bits per heavy atom. The number of hydrogen-bond donors (Lipinski definition) is 1. The number of rotatable bonds is 1. The van der Waals surface area contributed by atoms with Crippen molar-refractivity contribution in [2.45, 2.75) is 11.4 Å². The zero-order valence-electron chi connectivity index (χ0n) is 12.3. The van der Waals surface area contributed by atoms with E-state index in [1.165, 1.54) is 10.5 Å². The fourth-order valence-electron chi connectivity index (χ4n) is 2.72. The SMILES string of the molecule is COc1ccc2c(c1)CN(C(=O)N1CCNCC1)CCS2. The maximum absolute atomic E-state index is 12.7. The third-order valence-electron chi connectivity index (χ3n) is 3.91. The van der Waals surface area contributed by atoms with E-state index < -0.39 is 0 Å². The average molecular weight is 307 g/mol. The topological polar surface area (TPSA) is 44.8 Å². The Hall–Kier alpha value is -1.40.